The molecule has 0 spiro atoms. The molecule has 0 N–H and O–H groups in total. The molecule has 2 aromatic rings. The average Bonchev–Trinajstić information content (AvgIpc) is 2.84. The fourth-order valence-electron chi connectivity index (χ4n) is 2.74. The van der Waals surface area contributed by atoms with Crippen LogP contribution in [0.25, 0.3) is 0 Å². The number of rotatable bonds is 4. The van der Waals surface area contributed by atoms with Crippen molar-refractivity contribution in [3.05, 3.63) is 71.8 Å². The summed E-state index contributed by atoms with van der Waals surface area (Å²) in [5, 5.41) is 0. The molecule has 0 radical (unpaired) electrons. The monoisotopic (exact) mass is 320 g/mol. The SMILES string of the molecule is O=C1C(=O)[C@@H](C(=O)c2ccccc2)C(=O)[C@H]1C(=O)c1ccccc1. The molecule has 1 aliphatic carbocycles. The maximum atomic E-state index is 12.5. The van der Waals surface area contributed by atoms with Crippen LogP contribution in [0, 0.1) is 11.8 Å². The Balaban J connectivity index is 1.94. The highest BCUT2D eigenvalue weighted by atomic mass is 16.2. The molecule has 0 amide bonds. The first-order valence-electron chi connectivity index (χ1n) is 7.32. The van der Waals surface area contributed by atoms with Crippen molar-refractivity contribution in [3.63, 3.8) is 0 Å². The molecule has 0 aliphatic heterocycles. The highest BCUT2D eigenvalue weighted by molar-refractivity contribution is 6.60. The van der Waals surface area contributed by atoms with E-state index in [1.54, 1.807) is 36.4 Å². The van der Waals surface area contributed by atoms with E-state index in [1.165, 1.54) is 24.3 Å². The zero-order chi connectivity index (χ0) is 17.3. The number of benzene rings is 2. The van der Waals surface area contributed by atoms with Crippen LogP contribution >= 0.6 is 0 Å². The van der Waals surface area contributed by atoms with Crippen LogP contribution in [0.2, 0.25) is 0 Å². The van der Waals surface area contributed by atoms with E-state index in [4.69, 9.17) is 0 Å². The second kappa shape index (κ2) is 6.12. The summed E-state index contributed by atoms with van der Waals surface area (Å²) in [5.41, 5.74) is 0.314. The predicted molar refractivity (Wildman–Crippen MR) is 83.5 cm³/mol. The summed E-state index contributed by atoms with van der Waals surface area (Å²) >= 11 is 0. The summed E-state index contributed by atoms with van der Waals surface area (Å²) in [7, 11) is 0. The minimum absolute atomic E-state index is 0.157. The van der Waals surface area contributed by atoms with Crippen molar-refractivity contribution < 1.29 is 24.0 Å². The Morgan fingerprint density at radius 2 is 0.917 bits per heavy atom. The number of hydrogen-bond acceptors (Lipinski definition) is 5. The zero-order valence-corrected chi connectivity index (χ0v) is 12.5. The molecular weight excluding hydrogens is 308 g/mol. The van der Waals surface area contributed by atoms with Crippen LogP contribution in [-0.4, -0.2) is 28.9 Å². The highest BCUT2D eigenvalue weighted by Gasteiger charge is 2.55. The number of carbonyl (C=O) groups is 5. The Bertz CT molecular complexity index is 780. The Morgan fingerprint density at radius 1 is 0.583 bits per heavy atom. The lowest BCUT2D eigenvalue weighted by Crippen LogP contribution is -2.29. The normalized spacial score (nSPS) is 20.2. The molecule has 0 unspecified atom stereocenters. The molecule has 2 atom stereocenters. The topological polar surface area (TPSA) is 85.3 Å². The first-order chi connectivity index (χ1) is 11.5. The summed E-state index contributed by atoms with van der Waals surface area (Å²) < 4.78 is 0. The van der Waals surface area contributed by atoms with Crippen LogP contribution < -0.4 is 0 Å². The van der Waals surface area contributed by atoms with E-state index < -0.39 is 40.8 Å². The van der Waals surface area contributed by atoms with Crippen molar-refractivity contribution in [1.82, 2.24) is 0 Å². The number of carbonyl (C=O) groups excluding carboxylic acids is 5. The fraction of sp³-hybridized carbons (Fsp3) is 0.105. The van der Waals surface area contributed by atoms with Crippen molar-refractivity contribution in [2.45, 2.75) is 0 Å². The molecule has 5 nitrogen and oxygen atoms in total. The summed E-state index contributed by atoms with van der Waals surface area (Å²) in [5.74, 6) is -8.10. The fourth-order valence-corrected chi connectivity index (χ4v) is 2.74. The van der Waals surface area contributed by atoms with Gasteiger partial charge in [0.1, 0.15) is 11.8 Å². The standard InChI is InChI=1S/C19H12O5/c20-15(11-7-3-1-4-8-11)13-17(22)14(19(24)18(13)23)16(21)12-9-5-2-6-10-12/h1-10,13-14H/t13-,14+. The summed E-state index contributed by atoms with van der Waals surface area (Å²) in [4.78, 5) is 61.6. The van der Waals surface area contributed by atoms with Gasteiger partial charge in [-0.15, -0.1) is 0 Å². The maximum absolute atomic E-state index is 12.5. The van der Waals surface area contributed by atoms with Gasteiger partial charge in [0, 0.05) is 11.1 Å². The minimum atomic E-state index is -1.72. The second-order valence-corrected chi connectivity index (χ2v) is 5.46. The molecule has 0 saturated heterocycles. The van der Waals surface area contributed by atoms with Crippen LogP contribution in [0.5, 0.6) is 0 Å². The predicted octanol–water partition coefficient (Wildman–Crippen LogP) is 1.71. The summed E-state index contributed by atoms with van der Waals surface area (Å²) in [6, 6.07) is 15.6. The Labute approximate surface area is 137 Å². The number of hydrogen-bond donors (Lipinski definition) is 0. The van der Waals surface area contributed by atoms with Crippen LogP contribution in [0.3, 0.4) is 0 Å². The Morgan fingerprint density at radius 3 is 1.25 bits per heavy atom. The third-order valence-corrected chi connectivity index (χ3v) is 3.98. The first-order valence-corrected chi connectivity index (χ1v) is 7.32. The van der Waals surface area contributed by atoms with Gasteiger partial charge in [0.2, 0.25) is 11.6 Å². The lowest BCUT2D eigenvalue weighted by Gasteiger charge is -2.07. The van der Waals surface area contributed by atoms with E-state index in [0.29, 0.717) is 0 Å². The lowest BCUT2D eigenvalue weighted by molar-refractivity contribution is -0.136. The van der Waals surface area contributed by atoms with Crippen molar-refractivity contribution in [3.8, 4) is 0 Å². The first kappa shape index (κ1) is 15.7. The molecule has 24 heavy (non-hydrogen) atoms. The molecule has 5 heteroatoms. The highest BCUT2D eigenvalue weighted by Crippen LogP contribution is 2.27. The van der Waals surface area contributed by atoms with Gasteiger partial charge < -0.3 is 0 Å². The van der Waals surface area contributed by atoms with Gasteiger partial charge in [0.25, 0.3) is 0 Å². The molecule has 0 bridgehead atoms. The van der Waals surface area contributed by atoms with Gasteiger partial charge in [-0.3, -0.25) is 24.0 Å². The third-order valence-electron chi connectivity index (χ3n) is 3.98. The van der Waals surface area contributed by atoms with Crippen LogP contribution in [0.4, 0.5) is 0 Å². The van der Waals surface area contributed by atoms with Gasteiger partial charge in [-0.25, -0.2) is 0 Å². The van der Waals surface area contributed by atoms with Gasteiger partial charge in [-0.2, -0.15) is 0 Å². The van der Waals surface area contributed by atoms with Gasteiger partial charge in [-0.05, 0) is 0 Å². The number of ketones is 5. The van der Waals surface area contributed by atoms with E-state index in [0.717, 1.165) is 0 Å². The molecule has 1 saturated carbocycles. The molecule has 1 aliphatic rings. The Hall–Kier alpha value is -3.21. The quantitative estimate of drug-likeness (QED) is 0.486. The molecule has 0 aromatic heterocycles. The van der Waals surface area contributed by atoms with Crippen molar-refractivity contribution in [1.29, 1.82) is 0 Å². The van der Waals surface area contributed by atoms with Gasteiger partial charge in [-0.1, -0.05) is 60.7 Å². The summed E-state index contributed by atoms with van der Waals surface area (Å²) in [6.07, 6.45) is 0. The molecule has 0 heterocycles. The van der Waals surface area contributed by atoms with Crippen molar-refractivity contribution >= 4 is 28.9 Å². The van der Waals surface area contributed by atoms with Crippen LogP contribution in [0.1, 0.15) is 20.7 Å². The Kier molecular flexibility index (Phi) is 4.00. The van der Waals surface area contributed by atoms with Crippen molar-refractivity contribution in [2.75, 3.05) is 0 Å². The number of Topliss-reactive ketones (excluding diaryl/α,β-unsaturated/α-hetero) is 5. The summed E-state index contributed by atoms with van der Waals surface area (Å²) in [6.45, 7) is 0. The molecule has 3 rings (SSSR count). The van der Waals surface area contributed by atoms with E-state index >= 15 is 0 Å². The maximum Gasteiger partial charge on any atom is 0.217 e. The van der Waals surface area contributed by atoms with E-state index in [1.807, 2.05) is 0 Å². The second-order valence-electron chi connectivity index (χ2n) is 5.46. The molecule has 2 aromatic carbocycles. The molecule has 118 valence electrons. The van der Waals surface area contributed by atoms with E-state index in [-0.39, 0.29) is 11.1 Å². The smallest absolute Gasteiger partial charge is 0.217 e. The van der Waals surface area contributed by atoms with Gasteiger partial charge in [0.05, 0.1) is 0 Å². The van der Waals surface area contributed by atoms with Gasteiger partial charge >= 0.3 is 0 Å². The molecular formula is C19H12O5. The van der Waals surface area contributed by atoms with Crippen molar-refractivity contribution in [2.24, 2.45) is 11.8 Å². The van der Waals surface area contributed by atoms with Crippen LogP contribution in [0.15, 0.2) is 60.7 Å². The minimum Gasteiger partial charge on any atom is -0.297 e. The third kappa shape index (κ3) is 2.50. The van der Waals surface area contributed by atoms with E-state index in [9.17, 15) is 24.0 Å². The van der Waals surface area contributed by atoms with E-state index in [2.05, 4.69) is 0 Å². The largest absolute Gasteiger partial charge is 0.297 e. The zero-order valence-electron chi connectivity index (χ0n) is 12.5. The molecule has 1 fully saturated rings. The van der Waals surface area contributed by atoms with Gasteiger partial charge in [0.15, 0.2) is 17.3 Å². The average molecular weight is 320 g/mol. The lowest BCUT2D eigenvalue weighted by atomic mass is 9.90. The van der Waals surface area contributed by atoms with Crippen LogP contribution in [-0.2, 0) is 14.4 Å².